The first-order valence-corrected chi connectivity index (χ1v) is 5.32. The molecular formula is C6H12O6P-. The van der Waals surface area contributed by atoms with Crippen LogP contribution in [0.4, 0.5) is 0 Å². The Hall–Kier alpha value is 0.0300. The van der Waals surface area contributed by atoms with Crippen molar-refractivity contribution in [1.82, 2.24) is 0 Å². The van der Waals surface area contributed by atoms with Gasteiger partial charge in [0.1, 0.15) is 6.10 Å². The molecule has 0 aromatic heterocycles. The Morgan fingerprint density at radius 1 is 1.77 bits per heavy atom. The van der Waals surface area contributed by atoms with E-state index in [9.17, 15) is 14.6 Å². The molecule has 0 aromatic carbocycles. The summed E-state index contributed by atoms with van der Waals surface area (Å²) in [6.45, 7) is 0.223. The van der Waals surface area contributed by atoms with Gasteiger partial charge in [-0.05, 0) is 6.42 Å². The molecule has 1 rings (SSSR count). The Bertz CT molecular complexity index is 207. The molecule has 1 aliphatic heterocycles. The number of hydrogen-bond donors (Lipinski definition) is 1. The van der Waals surface area contributed by atoms with Crippen LogP contribution in [0.1, 0.15) is 6.42 Å². The third-order valence-electron chi connectivity index (χ3n) is 1.80. The lowest BCUT2D eigenvalue weighted by atomic mass is 10.2. The van der Waals surface area contributed by atoms with Crippen LogP contribution in [0.25, 0.3) is 0 Å². The quantitative estimate of drug-likeness (QED) is 0.616. The number of aliphatic hydroxyl groups is 1. The van der Waals surface area contributed by atoms with E-state index in [4.69, 9.17) is 4.74 Å². The van der Waals surface area contributed by atoms with Gasteiger partial charge >= 0.3 is 0 Å². The predicted molar refractivity (Wildman–Crippen MR) is 40.9 cm³/mol. The minimum Gasteiger partial charge on any atom is -0.756 e. The van der Waals surface area contributed by atoms with E-state index in [1.165, 1.54) is 0 Å². The van der Waals surface area contributed by atoms with Gasteiger partial charge in [0.25, 0.3) is 7.82 Å². The normalized spacial score (nSPS) is 33.2. The van der Waals surface area contributed by atoms with Crippen LogP contribution in [0.2, 0.25) is 0 Å². The number of phosphoric acid groups is 1. The summed E-state index contributed by atoms with van der Waals surface area (Å²) in [7, 11) is -3.18. The maximum absolute atomic E-state index is 10.7. The van der Waals surface area contributed by atoms with E-state index in [1.54, 1.807) is 0 Å². The van der Waals surface area contributed by atoms with E-state index in [1.807, 2.05) is 0 Å². The van der Waals surface area contributed by atoms with Gasteiger partial charge in [-0.2, -0.15) is 0 Å². The van der Waals surface area contributed by atoms with E-state index in [0.29, 0.717) is 13.0 Å². The topological polar surface area (TPSA) is 88.1 Å². The van der Waals surface area contributed by atoms with Crippen LogP contribution in [-0.2, 0) is 18.3 Å². The van der Waals surface area contributed by atoms with Gasteiger partial charge < -0.3 is 23.8 Å². The molecule has 13 heavy (non-hydrogen) atoms. The number of ether oxygens (including phenoxy) is 1. The standard InChI is InChI=1S/C6H13O6P/c1-10-13(8,9)12-4-6-5(7)2-3-11-6/h5-7H,2-4H2,1H3,(H,8,9)/p-1. The molecule has 0 amide bonds. The molecule has 7 heteroatoms. The average Bonchev–Trinajstić information content (AvgIpc) is 2.48. The fourth-order valence-corrected chi connectivity index (χ4v) is 1.45. The van der Waals surface area contributed by atoms with E-state index in [2.05, 4.69) is 9.05 Å². The summed E-state index contributed by atoms with van der Waals surface area (Å²) in [6, 6.07) is 0. The van der Waals surface area contributed by atoms with Gasteiger partial charge in [-0.3, -0.25) is 4.57 Å². The summed E-state index contributed by atoms with van der Waals surface area (Å²) in [5.74, 6) is 0. The predicted octanol–water partition coefficient (Wildman–Crippen LogP) is -0.732. The molecule has 1 fully saturated rings. The van der Waals surface area contributed by atoms with Gasteiger partial charge in [0.15, 0.2) is 0 Å². The number of rotatable bonds is 4. The fraction of sp³-hybridized carbons (Fsp3) is 1.00. The highest BCUT2D eigenvalue weighted by atomic mass is 31.2. The van der Waals surface area contributed by atoms with Crippen LogP contribution < -0.4 is 4.89 Å². The summed E-state index contributed by atoms with van der Waals surface area (Å²) in [4.78, 5) is 10.7. The van der Waals surface area contributed by atoms with Crippen LogP contribution >= 0.6 is 7.82 Å². The van der Waals surface area contributed by atoms with Gasteiger partial charge in [0.2, 0.25) is 0 Å². The molecule has 1 saturated heterocycles. The number of aliphatic hydroxyl groups excluding tert-OH is 1. The molecule has 0 aromatic rings. The summed E-state index contributed by atoms with van der Waals surface area (Å²) >= 11 is 0. The Morgan fingerprint density at radius 3 is 2.92 bits per heavy atom. The van der Waals surface area contributed by atoms with Gasteiger partial charge in [-0.25, -0.2) is 0 Å². The Morgan fingerprint density at radius 2 is 2.46 bits per heavy atom. The fourth-order valence-electron chi connectivity index (χ4n) is 1.01. The van der Waals surface area contributed by atoms with Crippen LogP contribution in [0, 0.1) is 0 Å². The second-order valence-electron chi connectivity index (χ2n) is 2.69. The molecule has 78 valence electrons. The molecule has 0 bridgehead atoms. The van der Waals surface area contributed by atoms with Gasteiger partial charge in [-0.15, -0.1) is 0 Å². The molecule has 0 saturated carbocycles. The van der Waals surface area contributed by atoms with Crippen molar-refractivity contribution in [3.05, 3.63) is 0 Å². The van der Waals surface area contributed by atoms with Crippen molar-refractivity contribution in [2.75, 3.05) is 20.3 Å². The van der Waals surface area contributed by atoms with E-state index < -0.39 is 20.0 Å². The summed E-state index contributed by atoms with van der Waals surface area (Å²) < 4.78 is 24.2. The molecule has 0 aliphatic carbocycles. The molecule has 3 atom stereocenters. The number of phosphoric ester groups is 1. The molecule has 1 N–H and O–H groups in total. The first-order chi connectivity index (χ1) is 6.05. The van der Waals surface area contributed by atoms with Crippen LogP contribution in [0.5, 0.6) is 0 Å². The van der Waals surface area contributed by atoms with Crippen molar-refractivity contribution >= 4 is 7.82 Å². The van der Waals surface area contributed by atoms with Crippen LogP contribution in [0.3, 0.4) is 0 Å². The van der Waals surface area contributed by atoms with Crippen LogP contribution in [0.15, 0.2) is 0 Å². The molecule has 3 unspecified atom stereocenters. The third kappa shape index (κ3) is 3.34. The lowest BCUT2D eigenvalue weighted by Crippen LogP contribution is -2.27. The van der Waals surface area contributed by atoms with Crippen molar-refractivity contribution < 1.29 is 28.3 Å². The van der Waals surface area contributed by atoms with Gasteiger partial charge in [-0.1, -0.05) is 0 Å². The first kappa shape index (κ1) is 11.1. The van der Waals surface area contributed by atoms with E-state index >= 15 is 0 Å². The van der Waals surface area contributed by atoms with E-state index in [-0.39, 0.29) is 6.61 Å². The van der Waals surface area contributed by atoms with Crippen molar-refractivity contribution in [3.8, 4) is 0 Å². The SMILES string of the molecule is COP(=O)([O-])OCC1OCCC1O. The average molecular weight is 211 g/mol. The molecule has 0 radical (unpaired) electrons. The minimum absolute atomic E-state index is 0.199. The summed E-state index contributed by atoms with van der Waals surface area (Å²) in [5.41, 5.74) is 0. The lowest BCUT2D eigenvalue weighted by Gasteiger charge is -2.22. The largest absolute Gasteiger partial charge is 0.756 e. The zero-order valence-corrected chi connectivity index (χ0v) is 8.11. The summed E-state index contributed by atoms with van der Waals surface area (Å²) in [5, 5.41) is 9.22. The maximum atomic E-state index is 10.7. The van der Waals surface area contributed by atoms with Gasteiger partial charge in [0.05, 0.1) is 12.7 Å². The molecule has 1 heterocycles. The monoisotopic (exact) mass is 211 g/mol. The van der Waals surface area contributed by atoms with E-state index in [0.717, 1.165) is 7.11 Å². The van der Waals surface area contributed by atoms with Crippen LogP contribution in [-0.4, -0.2) is 37.6 Å². The highest BCUT2D eigenvalue weighted by Gasteiger charge is 2.27. The molecule has 1 aliphatic rings. The highest BCUT2D eigenvalue weighted by Crippen LogP contribution is 2.37. The zero-order chi connectivity index (χ0) is 9.90. The second kappa shape index (κ2) is 4.50. The third-order valence-corrected chi connectivity index (χ3v) is 2.71. The van der Waals surface area contributed by atoms with Gasteiger partial charge in [0, 0.05) is 13.7 Å². The van der Waals surface area contributed by atoms with Crippen molar-refractivity contribution in [3.63, 3.8) is 0 Å². The molecule has 0 spiro atoms. The van der Waals surface area contributed by atoms with Crippen molar-refractivity contribution in [2.24, 2.45) is 0 Å². The first-order valence-electron chi connectivity index (χ1n) is 3.86. The maximum Gasteiger partial charge on any atom is 0.267 e. The lowest BCUT2D eigenvalue weighted by molar-refractivity contribution is -0.225. The summed E-state index contributed by atoms with van der Waals surface area (Å²) in [6.07, 6.45) is -0.723. The smallest absolute Gasteiger partial charge is 0.267 e. The van der Waals surface area contributed by atoms with Crippen molar-refractivity contribution in [2.45, 2.75) is 18.6 Å². The number of hydrogen-bond acceptors (Lipinski definition) is 6. The highest BCUT2D eigenvalue weighted by molar-refractivity contribution is 7.45. The molecule has 6 nitrogen and oxygen atoms in total. The Balaban J connectivity index is 2.30. The second-order valence-corrected chi connectivity index (χ2v) is 4.21. The zero-order valence-electron chi connectivity index (χ0n) is 7.21. The Kier molecular flexibility index (Phi) is 3.85. The van der Waals surface area contributed by atoms with Crippen molar-refractivity contribution in [1.29, 1.82) is 0 Å². The Labute approximate surface area is 76.0 Å². The minimum atomic E-state index is -4.19. The molecular weight excluding hydrogens is 199 g/mol.